The quantitative estimate of drug-likeness (QED) is 0.870. The van der Waals surface area contributed by atoms with Crippen LogP contribution >= 0.6 is 0 Å². The molecule has 0 aromatic heterocycles. The van der Waals surface area contributed by atoms with Gasteiger partial charge in [0.25, 0.3) is 5.91 Å². The monoisotopic (exact) mass is 377 g/mol. The first-order valence-corrected chi connectivity index (χ1v) is 11.1. The Labute approximate surface area is 155 Å². The molecule has 4 rings (SSSR count). The van der Waals surface area contributed by atoms with Gasteiger partial charge in [-0.25, -0.2) is 8.42 Å². The van der Waals surface area contributed by atoms with Crippen molar-refractivity contribution in [2.24, 2.45) is 5.92 Å². The molecule has 2 aliphatic heterocycles. The summed E-state index contributed by atoms with van der Waals surface area (Å²) < 4.78 is 27.5. The van der Waals surface area contributed by atoms with Crippen molar-refractivity contribution in [2.45, 2.75) is 43.0 Å². The van der Waals surface area contributed by atoms with Crippen LogP contribution in [0.25, 0.3) is 0 Å². The van der Waals surface area contributed by atoms with Crippen LogP contribution in [0.4, 0.5) is 0 Å². The molecule has 0 spiro atoms. The van der Waals surface area contributed by atoms with Gasteiger partial charge in [-0.3, -0.25) is 4.79 Å². The van der Waals surface area contributed by atoms with Gasteiger partial charge in [0, 0.05) is 37.8 Å². The van der Waals surface area contributed by atoms with Crippen LogP contribution in [-0.2, 0) is 10.0 Å². The van der Waals surface area contributed by atoms with Crippen molar-refractivity contribution in [1.82, 2.24) is 14.5 Å². The molecule has 1 aliphatic carbocycles. The van der Waals surface area contributed by atoms with Crippen LogP contribution < -0.4 is 5.32 Å². The van der Waals surface area contributed by atoms with Crippen LogP contribution in [0.2, 0.25) is 0 Å². The molecular weight excluding hydrogens is 350 g/mol. The zero-order valence-corrected chi connectivity index (χ0v) is 15.9. The summed E-state index contributed by atoms with van der Waals surface area (Å²) in [6.07, 6.45) is 5.37. The Bertz CT molecular complexity index is 772. The highest BCUT2D eigenvalue weighted by Gasteiger charge is 2.38. The smallest absolute Gasteiger partial charge is 0.254 e. The average Bonchev–Trinajstić information content (AvgIpc) is 2.85. The number of nitrogens with zero attached hydrogens (tertiary/aromatic N) is 2. The minimum absolute atomic E-state index is 0.0195. The zero-order valence-electron chi connectivity index (χ0n) is 15.1. The highest BCUT2D eigenvalue weighted by molar-refractivity contribution is 7.89. The molecule has 3 fully saturated rings. The van der Waals surface area contributed by atoms with Crippen molar-refractivity contribution >= 4 is 15.9 Å². The molecule has 6 nitrogen and oxygen atoms in total. The zero-order chi connectivity index (χ0) is 18.1. The number of amides is 1. The third kappa shape index (κ3) is 3.40. The van der Waals surface area contributed by atoms with Crippen molar-refractivity contribution in [3.05, 3.63) is 29.8 Å². The number of carbonyl (C=O) groups is 1. The SMILES string of the molecule is O=C(c1cccc(S(=O)(=O)N2CCCNCC2)c1)N1C[C@H]2CCC[C@@H]1C2. The van der Waals surface area contributed by atoms with Crippen LogP contribution in [0, 0.1) is 5.92 Å². The second kappa shape index (κ2) is 7.29. The molecule has 2 heterocycles. The summed E-state index contributed by atoms with van der Waals surface area (Å²) in [5.74, 6) is 0.600. The van der Waals surface area contributed by atoms with Crippen molar-refractivity contribution in [1.29, 1.82) is 0 Å². The second-order valence-electron chi connectivity index (χ2n) is 7.68. The lowest BCUT2D eigenvalue weighted by atomic mass is 9.90. The average molecular weight is 378 g/mol. The van der Waals surface area contributed by atoms with Crippen molar-refractivity contribution < 1.29 is 13.2 Å². The summed E-state index contributed by atoms with van der Waals surface area (Å²) in [7, 11) is -3.56. The van der Waals surface area contributed by atoms with E-state index < -0.39 is 10.0 Å². The number of benzene rings is 1. The molecule has 7 heteroatoms. The summed E-state index contributed by atoms with van der Waals surface area (Å²) in [5.41, 5.74) is 0.492. The van der Waals surface area contributed by atoms with E-state index in [1.54, 1.807) is 24.3 Å². The minimum atomic E-state index is -3.56. The van der Waals surface area contributed by atoms with Gasteiger partial charge in [0.15, 0.2) is 0 Å². The van der Waals surface area contributed by atoms with E-state index in [-0.39, 0.29) is 10.8 Å². The molecule has 0 unspecified atom stereocenters. The molecule has 1 aromatic carbocycles. The number of hydrogen-bond acceptors (Lipinski definition) is 4. The Morgan fingerprint density at radius 1 is 1.12 bits per heavy atom. The number of nitrogens with one attached hydrogen (secondary N) is 1. The van der Waals surface area contributed by atoms with Gasteiger partial charge in [0.2, 0.25) is 10.0 Å². The summed E-state index contributed by atoms with van der Waals surface area (Å²) in [4.78, 5) is 15.2. The minimum Gasteiger partial charge on any atom is -0.335 e. The molecule has 2 atom stereocenters. The lowest BCUT2D eigenvalue weighted by Crippen LogP contribution is -2.36. The van der Waals surface area contributed by atoms with Gasteiger partial charge in [-0.05, 0) is 56.3 Å². The van der Waals surface area contributed by atoms with E-state index >= 15 is 0 Å². The maximum absolute atomic E-state index is 13.0. The molecular formula is C19H27N3O3S. The van der Waals surface area contributed by atoms with Crippen molar-refractivity contribution in [3.8, 4) is 0 Å². The molecule has 1 amide bonds. The predicted octanol–water partition coefficient (Wildman–Crippen LogP) is 1.69. The fraction of sp³-hybridized carbons (Fsp3) is 0.632. The molecule has 142 valence electrons. The normalized spacial score (nSPS) is 27.3. The molecule has 1 N–H and O–H groups in total. The third-order valence-electron chi connectivity index (χ3n) is 5.93. The number of hydrogen-bond donors (Lipinski definition) is 1. The van der Waals surface area contributed by atoms with E-state index in [9.17, 15) is 13.2 Å². The predicted molar refractivity (Wildman–Crippen MR) is 99.5 cm³/mol. The van der Waals surface area contributed by atoms with Gasteiger partial charge in [-0.1, -0.05) is 12.5 Å². The first kappa shape index (κ1) is 17.9. The first-order chi connectivity index (χ1) is 12.6. The summed E-state index contributed by atoms with van der Waals surface area (Å²) >= 11 is 0. The molecule has 2 saturated heterocycles. The standard InChI is InChI=1S/C19H27N3O3S/c23-19(22-14-15-4-1-6-17(22)12-15)16-5-2-7-18(13-16)26(24,25)21-10-3-8-20-9-11-21/h2,5,7,13,15,17,20H,1,3-4,6,8-12,14H2/t15-,17+/m0/s1. The van der Waals surface area contributed by atoms with Gasteiger partial charge in [-0.15, -0.1) is 0 Å². The van der Waals surface area contributed by atoms with Crippen LogP contribution in [0.5, 0.6) is 0 Å². The number of fused-ring (bicyclic) bond motifs is 2. The Hall–Kier alpha value is -1.44. The van der Waals surface area contributed by atoms with E-state index in [2.05, 4.69) is 5.32 Å². The van der Waals surface area contributed by atoms with E-state index in [4.69, 9.17) is 0 Å². The molecule has 2 bridgehead atoms. The molecule has 26 heavy (non-hydrogen) atoms. The van der Waals surface area contributed by atoms with Crippen molar-refractivity contribution in [2.75, 3.05) is 32.7 Å². The van der Waals surface area contributed by atoms with Crippen LogP contribution in [-0.4, -0.2) is 62.3 Å². The second-order valence-corrected chi connectivity index (χ2v) is 9.62. The van der Waals surface area contributed by atoms with E-state index in [1.807, 2.05) is 4.90 Å². The number of sulfonamides is 1. The largest absolute Gasteiger partial charge is 0.335 e. The molecule has 1 saturated carbocycles. The molecule has 0 radical (unpaired) electrons. The summed E-state index contributed by atoms with van der Waals surface area (Å²) in [6, 6.07) is 6.94. The summed E-state index contributed by atoms with van der Waals surface area (Å²) in [5, 5.41) is 3.22. The van der Waals surface area contributed by atoms with E-state index in [1.165, 1.54) is 17.1 Å². The van der Waals surface area contributed by atoms with Crippen LogP contribution in [0.15, 0.2) is 29.2 Å². The van der Waals surface area contributed by atoms with Crippen LogP contribution in [0.3, 0.4) is 0 Å². The van der Waals surface area contributed by atoms with Gasteiger partial charge in [0.05, 0.1) is 4.90 Å². The summed E-state index contributed by atoms with van der Waals surface area (Å²) in [6.45, 7) is 3.30. The Kier molecular flexibility index (Phi) is 5.03. The van der Waals surface area contributed by atoms with Gasteiger partial charge >= 0.3 is 0 Å². The van der Waals surface area contributed by atoms with Crippen LogP contribution in [0.1, 0.15) is 42.5 Å². The Balaban J connectivity index is 1.57. The Morgan fingerprint density at radius 2 is 2.00 bits per heavy atom. The number of rotatable bonds is 3. The Morgan fingerprint density at radius 3 is 2.85 bits per heavy atom. The van der Waals surface area contributed by atoms with Gasteiger partial charge in [-0.2, -0.15) is 4.31 Å². The number of likely N-dealkylation sites (tertiary alicyclic amines) is 1. The fourth-order valence-corrected chi connectivity index (χ4v) is 6.08. The topological polar surface area (TPSA) is 69.7 Å². The highest BCUT2D eigenvalue weighted by atomic mass is 32.2. The third-order valence-corrected chi connectivity index (χ3v) is 7.82. The lowest BCUT2D eigenvalue weighted by Gasteiger charge is -2.25. The van der Waals surface area contributed by atoms with Gasteiger partial charge in [0.1, 0.15) is 0 Å². The van der Waals surface area contributed by atoms with E-state index in [0.29, 0.717) is 37.2 Å². The van der Waals surface area contributed by atoms with Crippen molar-refractivity contribution in [3.63, 3.8) is 0 Å². The maximum atomic E-state index is 13.0. The fourth-order valence-electron chi connectivity index (χ4n) is 4.55. The highest BCUT2D eigenvalue weighted by Crippen LogP contribution is 2.36. The van der Waals surface area contributed by atoms with E-state index in [0.717, 1.165) is 32.4 Å². The first-order valence-electron chi connectivity index (χ1n) is 9.67. The van der Waals surface area contributed by atoms with Gasteiger partial charge < -0.3 is 10.2 Å². The molecule has 1 aromatic rings. The maximum Gasteiger partial charge on any atom is 0.254 e. The lowest BCUT2D eigenvalue weighted by molar-refractivity contribution is 0.0733. The molecule has 3 aliphatic rings. The number of carbonyl (C=O) groups excluding carboxylic acids is 1.